The highest BCUT2D eigenvalue weighted by Gasteiger charge is 2.44. The fourth-order valence-corrected chi connectivity index (χ4v) is 6.47. The van der Waals surface area contributed by atoms with E-state index in [2.05, 4.69) is 69.3 Å². The van der Waals surface area contributed by atoms with Crippen LogP contribution in [-0.2, 0) is 8.85 Å². The third-order valence-electron chi connectivity index (χ3n) is 4.12. The van der Waals surface area contributed by atoms with Gasteiger partial charge >= 0.3 is 8.56 Å². The minimum atomic E-state index is -2.69. The molecule has 0 bridgehead atoms. The molecule has 23 heavy (non-hydrogen) atoms. The molecule has 0 heterocycles. The molecule has 2 aromatic rings. The molecular weight excluding hydrogens is 300 g/mol. The molecule has 0 aliphatic rings. The Morgan fingerprint density at radius 3 is 1.65 bits per heavy atom. The molecule has 3 heteroatoms. The summed E-state index contributed by atoms with van der Waals surface area (Å²) >= 11 is 0. The van der Waals surface area contributed by atoms with Crippen LogP contribution in [0, 0.1) is 5.92 Å². The Hall–Kier alpha value is -1.42. The Balaban J connectivity index is 2.55. The average Bonchev–Trinajstić information content (AvgIpc) is 2.60. The van der Waals surface area contributed by atoms with E-state index in [9.17, 15) is 0 Å². The van der Waals surface area contributed by atoms with Crippen LogP contribution in [0.4, 0.5) is 0 Å². The van der Waals surface area contributed by atoms with Crippen molar-refractivity contribution in [1.82, 2.24) is 0 Å². The fraction of sp³-hybridized carbons (Fsp3) is 0.400. The summed E-state index contributed by atoms with van der Waals surface area (Å²) in [6.45, 7) is 9.31. The molecule has 0 N–H and O–H groups in total. The highest BCUT2D eigenvalue weighted by molar-refractivity contribution is 6.92. The van der Waals surface area contributed by atoms with E-state index in [-0.39, 0.29) is 6.10 Å². The molecule has 0 spiro atoms. The minimum Gasteiger partial charge on any atom is -0.388 e. The molecule has 0 radical (unpaired) electrons. The molecule has 0 aliphatic carbocycles. The van der Waals surface area contributed by atoms with E-state index in [0.717, 1.165) is 6.42 Å². The van der Waals surface area contributed by atoms with Gasteiger partial charge < -0.3 is 8.85 Å². The summed E-state index contributed by atoms with van der Waals surface area (Å²) < 4.78 is 13.2. The van der Waals surface area contributed by atoms with Crippen molar-refractivity contribution >= 4 is 18.9 Å². The van der Waals surface area contributed by atoms with Crippen molar-refractivity contribution < 1.29 is 8.85 Å². The monoisotopic (exact) mass is 328 g/mol. The summed E-state index contributed by atoms with van der Waals surface area (Å²) in [5.41, 5.74) is 0. The van der Waals surface area contributed by atoms with Crippen LogP contribution in [0.3, 0.4) is 0 Å². The van der Waals surface area contributed by atoms with Gasteiger partial charge in [0.15, 0.2) is 0 Å². The molecule has 2 rings (SSSR count). The molecule has 0 saturated heterocycles. The van der Waals surface area contributed by atoms with Crippen LogP contribution < -0.4 is 10.4 Å². The van der Waals surface area contributed by atoms with Gasteiger partial charge in [0.1, 0.15) is 0 Å². The zero-order chi connectivity index (χ0) is 16.7. The van der Waals surface area contributed by atoms with E-state index in [1.807, 2.05) is 19.1 Å². The Bertz CT molecular complexity index is 529. The summed E-state index contributed by atoms with van der Waals surface area (Å²) in [6, 6.07) is 20.9. The number of hydrogen-bond acceptors (Lipinski definition) is 2. The molecule has 0 fully saturated rings. The van der Waals surface area contributed by atoms with Gasteiger partial charge in [-0.15, -0.1) is 0 Å². The summed E-state index contributed by atoms with van der Waals surface area (Å²) in [5.74, 6) is 0.458. The first kappa shape index (κ1) is 17.9. The Morgan fingerprint density at radius 2 is 1.30 bits per heavy atom. The van der Waals surface area contributed by atoms with E-state index in [0.29, 0.717) is 12.5 Å². The van der Waals surface area contributed by atoms with Crippen molar-refractivity contribution in [2.24, 2.45) is 5.92 Å². The topological polar surface area (TPSA) is 18.5 Å². The lowest BCUT2D eigenvalue weighted by molar-refractivity contribution is 0.0971. The van der Waals surface area contributed by atoms with Crippen LogP contribution in [0.1, 0.15) is 34.1 Å². The second-order valence-electron chi connectivity index (χ2n) is 6.09. The van der Waals surface area contributed by atoms with Crippen LogP contribution in [-0.4, -0.2) is 21.3 Å². The van der Waals surface area contributed by atoms with Gasteiger partial charge in [0.2, 0.25) is 0 Å². The highest BCUT2D eigenvalue weighted by atomic mass is 28.4. The number of benzene rings is 2. The lowest BCUT2D eigenvalue weighted by atomic mass is 10.1. The average molecular weight is 329 g/mol. The van der Waals surface area contributed by atoms with E-state index in [1.165, 1.54) is 10.4 Å². The Labute approximate surface area is 141 Å². The van der Waals surface area contributed by atoms with Gasteiger partial charge in [-0.25, -0.2) is 0 Å². The van der Waals surface area contributed by atoms with E-state index in [1.54, 1.807) is 0 Å². The lowest BCUT2D eigenvalue weighted by Crippen LogP contribution is -2.65. The summed E-state index contributed by atoms with van der Waals surface area (Å²) in [5, 5.41) is 2.35. The normalized spacial score (nSPS) is 13.3. The largest absolute Gasteiger partial charge is 0.407 e. The van der Waals surface area contributed by atoms with Gasteiger partial charge in [0.25, 0.3) is 0 Å². The van der Waals surface area contributed by atoms with Gasteiger partial charge in [-0.1, -0.05) is 81.4 Å². The van der Waals surface area contributed by atoms with Gasteiger partial charge in [-0.3, -0.25) is 0 Å². The standard InChI is InChI=1S/C20H28O2Si/c1-5-20(17(3)4)22-23(21-6-2,18-13-9-7-10-14-18)19-15-11-8-12-16-19/h7-17,20H,5-6H2,1-4H3. The van der Waals surface area contributed by atoms with Crippen molar-refractivity contribution in [3.05, 3.63) is 60.7 Å². The van der Waals surface area contributed by atoms with E-state index >= 15 is 0 Å². The molecular formula is C20H28O2Si. The second kappa shape index (κ2) is 8.43. The molecule has 2 nitrogen and oxygen atoms in total. The molecule has 0 amide bonds. The van der Waals surface area contributed by atoms with Crippen LogP contribution in [0.2, 0.25) is 0 Å². The van der Waals surface area contributed by atoms with Gasteiger partial charge in [-0.05, 0) is 29.6 Å². The van der Waals surface area contributed by atoms with Crippen LogP contribution >= 0.6 is 0 Å². The highest BCUT2D eigenvalue weighted by Crippen LogP contribution is 2.19. The zero-order valence-electron chi connectivity index (χ0n) is 14.7. The molecule has 124 valence electrons. The van der Waals surface area contributed by atoms with Crippen LogP contribution in [0.15, 0.2) is 60.7 Å². The maximum atomic E-state index is 6.78. The van der Waals surface area contributed by atoms with Crippen molar-refractivity contribution in [3.8, 4) is 0 Å². The smallest absolute Gasteiger partial charge is 0.388 e. The maximum absolute atomic E-state index is 6.78. The lowest BCUT2D eigenvalue weighted by Gasteiger charge is -2.36. The quantitative estimate of drug-likeness (QED) is 0.688. The third-order valence-corrected chi connectivity index (χ3v) is 7.64. The molecule has 0 aromatic heterocycles. The fourth-order valence-electron chi connectivity index (χ4n) is 2.93. The zero-order valence-corrected chi connectivity index (χ0v) is 15.7. The van der Waals surface area contributed by atoms with E-state index in [4.69, 9.17) is 8.85 Å². The molecule has 1 atom stereocenters. The maximum Gasteiger partial charge on any atom is 0.407 e. The second-order valence-corrected chi connectivity index (χ2v) is 9.00. The van der Waals surface area contributed by atoms with Crippen molar-refractivity contribution in [3.63, 3.8) is 0 Å². The number of hydrogen-bond donors (Lipinski definition) is 0. The SMILES string of the molecule is CCO[Si](OC(CC)C(C)C)(c1ccccc1)c1ccccc1. The summed E-state index contributed by atoms with van der Waals surface area (Å²) in [4.78, 5) is 0. The van der Waals surface area contributed by atoms with Gasteiger partial charge in [-0.2, -0.15) is 0 Å². The van der Waals surface area contributed by atoms with Gasteiger partial charge in [0.05, 0.1) is 0 Å². The summed E-state index contributed by atoms with van der Waals surface area (Å²) in [6.07, 6.45) is 1.17. The Kier molecular flexibility index (Phi) is 6.57. The van der Waals surface area contributed by atoms with Gasteiger partial charge in [0, 0.05) is 12.7 Å². The first-order valence-electron chi connectivity index (χ1n) is 8.56. The molecule has 0 saturated carbocycles. The van der Waals surface area contributed by atoms with Crippen LogP contribution in [0.5, 0.6) is 0 Å². The molecule has 2 aromatic carbocycles. The minimum absolute atomic E-state index is 0.189. The first-order chi connectivity index (χ1) is 11.1. The predicted molar refractivity (Wildman–Crippen MR) is 99.5 cm³/mol. The first-order valence-corrected chi connectivity index (χ1v) is 10.4. The van der Waals surface area contributed by atoms with Crippen molar-refractivity contribution in [2.45, 2.75) is 40.2 Å². The predicted octanol–water partition coefficient (Wildman–Crippen LogP) is 3.73. The molecule has 1 unspecified atom stereocenters. The van der Waals surface area contributed by atoms with Crippen molar-refractivity contribution in [2.75, 3.05) is 6.61 Å². The number of rotatable bonds is 8. The van der Waals surface area contributed by atoms with E-state index < -0.39 is 8.56 Å². The van der Waals surface area contributed by atoms with Crippen molar-refractivity contribution in [1.29, 1.82) is 0 Å². The molecule has 0 aliphatic heterocycles. The van der Waals surface area contributed by atoms with Crippen LogP contribution in [0.25, 0.3) is 0 Å². The summed E-state index contributed by atoms with van der Waals surface area (Å²) in [7, 11) is -2.69. The Morgan fingerprint density at radius 1 is 0.826 bits per heavy atom. The third kappa shape index (κ3) is 4.11.